The molecular formula is C15H16N2O2S. The maximum atomic E-state index is 11.7. The summed E-state index contributed by atoms with van der Waals surface area (Å²) in [7, 11) is 0. The Balaban J connectivity index is 1.64. The van der Waals surface area contributed by atoms with Crippen LogP contribution in [0.2, 0.25) is 0 Å². The van der Waals surface area contributed by atoms with E-state index in [0.717, 1.165) is 12.8 Å². The van der Waals surface area contributed by atoms with Crippen LogP contribution in [0.1, 0.15) is 42.5 Å². The van der Waals surface area contributed by atoms with Crippen molar-refractivity contribution in [3.8, 4) is 0 Å². The lowest BCUT2D eigenvalue weighted by Crippen LogP contribution is -2.04. The van der Waals surface area contributed by atoms with Crippen molar-refractivity contribution in [3.05, 3.63) is 41.5 Å². The summed E-state index contributed by atoms with van der Waals surface area (Å²) in [4.78, 5) is 17.2. The summed E-state index contributed by atoms with van der Waals surface area (Å²) < 4.78 is 5.24. The molecule has 0 bridgehead atoms. The van der Waals surface area contributed by atoms with Crippen LogP contribution >= 0.6 is 11.8 Å². The quantitative estimate of drug-likeness (QED) is 0.806. The van der Waals surface area contributed by atoms with Crippen molar-refractivity contribution in [1.82, 2.24) is 10.1 Å². The Kier molecular flexibility index (Phi) is 3.87. The predicted octanol–water partition coefficient (Wildman–Crippen LogP) is 3.51. The maximum absolute atomic E-state index is 11.7. The van der Waals surface area contributed by atoms with Gasteiger partial charge in [-0.25, -0.2) is 0 Å². The Labute approximate surface area is 122 Å². The van der Waals surface area contributed by atoms with Crippen LogP contribution < -0.4 is 0 Å². The minimum Gasteiger partial charge on any atom is -0.339 e. The van der Waals surface area contributed by atoms with Gasteiger partial charge in [0.15, 0.2) is 5.82 Å². The van der Waals surface area contributed by atoms with E-state index in [1.165, 1.54) is 10.5 Å². The van der Waals surface area contributed by atoms with Crippen LogP contribution in [0.25, 0.3) is 0 Å². The molecular weight excluding hydrogens is 272 g/mol. The molecule has 1 aromatic heterocycles. The van der Waals surface area contributed by atoms with E-state index in [9.17, 15) is 4.79 Å². The lowest BCUT2D eigenvalue weighted by Gasteiger charge is -2.00. The zero-order valence-electron chi connectivity index (χ0n) is 11.3. The number of thioether (sulfide) groups is 1. The first-order chi connectivity index (χ1) is 9.72. The highest BCUT2D eigenvalue weighted by Gasteiger charge is 2.30. The Morgan fingerprint density at radius 3 is 3.10 bits per heavy atom. The monoisotopic (exact) mass is 288 g/mol. The second kappa shape index (κ2) is 5.79. The van der Waals surface area contributed by atoms with Crippen molar-refractivity contribution in [1.29, 1.82) is 0 Å². The van der Waals surface area contributed by atoms with Gasteiger partial charge in [0.05, 0.1) is 11.7 Å². The largest absolute Gasteiger partial charge is 0.339 e. The third kappa shape index (κ3) is 2.93. The summed E-state index contributed by atoms with van der Waals surface area (Å²) in [5, 5.41) is 3.97. The van der Waals surface area contributed by atoms with Gasteiger partial charge in [-0.3, -0.25) is 4.79 Å². The highest BCUT2D eigenvalue weighted by molar-refractivity contribution is 7.98. The molecule has 1 unspecified atom stereocenters. The molecule has 5 heteroatoms. The lowest BCUT2D eigenvalue weighted by atomic mass is 10.1. The van der Waals surface area contributed by atoms with Crippen LogP contribution in [-0.2, 0) is 10.5 Å². The number of hydrogen-bond donors (Lipinski definition) is 0. The van der Waals surface area contributed by atoms with E-state index < -0.39 is 0 Å². The summed E-state index contributed by atoms with van der Waals surface area (Å²) in [6.45, 7) is 2.07. The highest BCUT2D eigenvalue weighted by Crippen LogP contribution is 2.30. The van der Waals surface area contributed by atoms with Crippen LogP contribution in [0.5, 0.6) is 0 Å². The highest BCUT2D eigenvalue weighted by atomic mass is 32.2. The number of aryl methyl sites for hydroxylation is 1. The van der Waals surface area contributed by atoms with E-state index in [1.54, 1.807) is 11.8 Å². The summed E-state index contributed by atoms with van der Waals surface area (Å²) in [5.41, 5.74) is 1.24. The van der Waals surface area contributed by atoms with Crippen molar-refractivity contribution in [2.24, 2.45) is 0 Å². The number of ketones is 1. The minimum absolute atomic E-state index is 0.166. The molecule has 2 aromatic rings. The molecule has 0 N–H and O–H groups in total. The SMILES string of the molecule is Cc1cccc(SCc2noc(C3CCCC3=O)n2)c1. The smallest absolute Gasteiger partial charge is 0.237 e. The van der Waals surface area contributed by atoms with Gasteiger partial charge in [0.2, 0.25) is 5.89 Å². The molecule has 0 spiro atoms. The number of Topliss-reactive ketones (excluding diaryl/α,β-unsaturated/α-hetero) is 1. The maximum Gasteiger partial charge on any atom is 0.237 e. The van der Waals surface area contributed by atoms with Gasteiger partial charge in [0, 0.05) is 11.3 Å². The van der Waals surface area contributed by atoms with Gasteiger partial charge in [0.1, 0.15) is 5.78 Å². The topological polar surface area (TPSA) is 56.0 Å². The number of nitrogens with zero attached hydrogens (tertiary/aromatic N) is 2. The molecule has 20 heavy (non-hydrogen) atoms. The summed E-state index contributed by atoms with van der Waals surface area (Å²) in [6.07, 6.45) is 2.41. The molecule has 0 amide bonds. The molecule has 1 aromatic carbocycles. The number of aromatic nitrogens is 2. The van der Waals surface area contributed by atoms with Gasteiger partial charge < -0.3 is 4.52 Å². The van der Waals surface area contributed by atoms with Crippen LogP contribution in [0.4, 0.5) is 0 Å². The number of carbonyl (C=O) groups excluding carboxylic acids is 1. The Bertz CT molecular complexity index is 624. The summed E-state index contributed by atoms with van der Waals surface area (Å²) in [5.74, 6) is 1.87. The molecule has 3 rings (SSSR count). The first-order valence-corrected chi connectivity index (χ1v) is 7.75. The predicted molar refractivity (Wildman–Crippen MR) is 76.6 cm³/mol. The fraction of sp³-hybridized carbons (Fsp3) is 0.400. The fourth-order valence-electron chi connectivity index (χ4n) is 2.40. The van der Waals surface area contributed by atoms with E-state index in [1.807, 2.05) is 6.07 Å². The zero-order chi connectivity index (χ0) is 13.9. The van der Waals surface area contributed by atoms with Gasteiger partial charge in [-0.2, -0.15) is 4.98 Å². The van der Waals surface area contributed by atoms with Crippen molar-refractivity contribution in [3.63, 3.8) is 0 Å². The third-order valence-corrected chi connectivity index (χ3v) is 4.43. The number of rotatable bonds is 4. The lowest BCUT2D eigenvalue weighted by molar-refractivity contribution is -0.119. The Morgan fingerprint density at radius 1 is 1.45 bits per heavy atom. The van der Waals surface area contributed by atoms with Gasteiger partial charge in [-0.1, -0.05) is 22.9 Å². The zero-order valence-corrected chi connectivity index (χ0v) is 12.2. The van der Waals surface area contributed by atoms with E-state index in [2.05, 4.69) is 35.3 Å². The van der Waals surface area contributed by atoms with Crippen LogP contribution in [0, 0.1) is 6.92 Å². The second-order valence-corrected chi connectivity index (χ2v) is 6.11. The first kappa shape index (κ1) is 13.4. The summed E-state index contributed by atoms with van der Waals surface area (Å²) >= 11 is 1.67. The van der Waals surface area contributed by atoms with Crippen LogP contribution in [-0.4, -0.2) is 15.9 Å². The van der Waals surface area contributed by atoms with Gasteiger partial charge in [-0.15, -0.1) is 11.8 Å². The van der Waals surface area contributed by atoms with Crippen LogP contribution in [0.3, 0.4) is 0 Å². The minimum atomic E-state index is -0.166. The normalized spacial score (nSPS) is 18.6. The van der Waals surface area contributed by atoms with E-state index >= 15 is 0 Å². The van der Waals surface area contributed by atoms with Gasteiger partial charge >= 0.3 is 0 Å². The van der Waals surface area contributed by atoms with Crippen molar-refractivity contribution >= 4 is 17.5 Å². The van der Waals surface area contributed by atoms with E-state index in [-0.39, 0.29) is 11.7 Å². The third-order valence-electron chi connectivity index (χ3n) is 3.44. The Hall–Kier alpha value is -1.62. The molecule has 0 radical (unpaired) electrons. The van der Waals surface area contributed by atoms with Crippen LogP contribution in [0.15, 0.2) is 33.7 Å². The van der Waals surface area contributed by atoms with Gasteiger partial charge in [-0.05, 0) is 31.9 Å². The molecule has 1 saturated carbocycles. The number of benzene rings is 1. The molecule has 1 fully saturated rings. The first-order valence-electron chi connectivity index (χ1n) is 6.77. The number of carbonyl (C=O) groups is 1. The fourth-order valence-corrected chi connectivity index (χ4v) is 3.25. The molecule has 0 saturated heterocycles. The second-order valence-electron chi connectivity index (χ2n) is 5.07. The van der Waals surface area contributed by atoms with Crippen molar-refractivity contribution in [2.45, 2.75) is 42.8 Å². The van der Waals surface area contributed by atoms with Gasteiger partial charge in [0.25, 0.3) is 0 Å². The molecule has 1 heterocycles. The van der Waals surface area contributed by atoms with E-state index in [0.29, 0.717) is 23.9 Å². The van der Waals surface area contributed by atoms with Crippen molar-refractivity contribution < 1.29 is 9.32 Å². The molecule has 1 aliphatic rings. The standard InChI is InChI=1S/C15H16N2O2S/c1-10-4-2-5-11(8-10)20-9-14-16-15(19-17-14)12-6-3-7-13(12)18/h2,4-5,8,12H,3,6-7,9H2,1H3. The van der Waals surface area contributed by atoms with Crippen molar-refractivity contribution in [2.75, 3.05) is 0 Å². The molecule has 1 atom stereocenters. The van der Waals surface area contributed by atoms with E-state index in [4.69, 9.17) is 4.52 Å². The summed E-state index contributed by atoms with van der Waals surface area (Å²) in [6, 6.07) is 8.31. The molecule has 1 aliphatic carbocycles. The molecule has 104 valence electrons. The average Bonchev–Trinajstić information content (AvgIpc) is 3.05. The average molecular weight is 288 g/mol. The number of hydrogen-bond acceptors (Lipinski definition) is 5. The molecule has 4 nitrogen and oxygen atoms in total. The Morgan fingerprint density at radius 2 is 2.35 bits per heavy atom. The molecule has 0 aliphatic heterocycles.